The Morgan fingerprint density at radius 1 is 1.04 bits per heavy atom. The molecule has 0 atom stereocenters. The highest BCUT2D eigenvalue weighted by Gasteiger charge is 2.17. The summed E-state index contributed by atoms with van der Waals surface area (Å²) in [4.78, 5) is 26.3. The van der Waals surface area contributed by atoms with Gasteiger partial charge in [0.25, 0.3) is 5.91 Å². The molecule has 1 amide bonds. The Morgan fingerprint density at radius 3 is 2.46 bits per heavy atom. The molecule has 0 spiro atoms. The summed E-state index contributed by atoms with van der Waals surface area (Å²) in [6, 6.07) is 17.7. The molecule has 0 aliphatic carbocycles. The van der Waals surface area contributed by atoms with Crippen LogP contribution in [0.3, 0.4) is 0 Å². The van der Waals surface area contributed by atoms with Crippen LogP contribution < -0.4 is 0 Å². The lowest BCUT2D eigenvalue weighted by molar-refractivity contribution is -0.137. The third-order valence-electron chi connectivity index (χ3n) is 4.20. The molecule has 0 heterocycles. The maximum absolute atomic E-state index is 13.1. The Balaban J connectivity index is 1.96. The molecule has 5 heteroatoms. The van der Waals surface area contributed by atoms with Crippen molar-refractivity contribution < 1.29 is 14.3 Å². The van der Waals surface area contributed by atoms with E-state index < -0.39 is 0 Å². The molecule has 2 rings (SSSR count). The monoisotopic (exact) mass is 491 g/mol. The number of unbranched alkanes of at least 4 members (excludes halogenated alkanes) is 2. The minimum atomic E-state index is -0.304. The first-order chi connectivity index (χ1) is 13.6. The van der Waals surface area contributed by atoms with E-state index in [1.54, 1.807) is 6.92 Å². The molecule has 0 bridgehead atoms. The first-order valence-corrected chi connectivity index (χ1v) is 10.6. The molecule has 2 aromatic rings. The second kappa shape index (κ2) is 12.3. The zero-order chi connectivity index (χ0) is 20.2. The van der Waals surface area contributed by atoms with Crippen molar-refractivity contribution in [3.05, 3.63) is 81.4 Å². The number of hydrogen-bond donors (Lipinski definition) is 0. The molecule has 0 aliphatic rings. The molecular formula is C23H26INO3. The van der Waals surface area contributed by atoms with E-state index >= 15 is 0 Å². The molecule has 0 fully saturated rings. The van der Waals surface area contributed by atoms with E-state index in [2.05, 4.69) is 22.6 Å². The standard InChI is InChI=1S/C23H26INO3/c1-2-28-22(26)16-8-3-4-11-17-25(18-19-12-6-5-7-13-19)23(27)20-14-9-10-15-21(20)24/h5-10,12-16H,2-4,11,17-18H2,1H3/b16-8-. The SMILES string of the molecule is CCOC(=O)/C=C\CCCCN(Cc1ccccc1)C(=O)c1ccccc1I. The Kier molecular flexibility index (Phi) is 9.76. The van der Waals surface area contributed by atoms with Gasteiger partial charge in [0, 0.05) is 22.7 Å². The molecule has 0 saturated carbocycles. The summed E-state index contributed by atoms with van der Waals surface area (Å²) in [7, 11) is 0. The molecule has 4 nitrogen and oxygen atoms in total. The Morgan fingerprint density at radius 2 is 1.75 bits per heavy atom. The fourth-order valence-corrected chi connectivity index (χ4v) is 3.41. The average Bonchev–Trinajstić information content (AvgIpc) is 2.70. The van der Waals surface area contributed by atoms with E-state index in [-0.39, 0.29) is 11.9 Å². The highest BCUT2D eigenvalue weighted by molar-refractivity contribution is 14.1. The zero-order valence-electron chi connectivity index (χ0n) is 16.1. The van der Waals surface area contributed by atoms with Gasteiger partial charge in [0.15, 0.2) is 0 Å². The molecule has 0 radical (unpaired) electrons. The van der Waals surface area contributed by atoms with Crippen molar-refractivity contribution in [1.29, 1.82) is 0 Å². The van der Waals surface area contributed by atoms with Crippen LogP contribution >= 0.6 is 22.6 Å². The van der Waals surface area contributed by atoms with Crippen LogP contribution in [0.1, 0.15) is 42.1 Å². The highest BCUT2D eigenvalue weighted by Crippen LogP contribution is 2.17. The lowest BCUT2D eigenvalue weighted by Gasteiger charge is -2.23. The summed E-state index contributed by atoms with van der Waals surface area (Å²) >= 11 is 2.21. The summed E-state index contributed by atoms with van der Waals surface area (Å²) in [5.41, 5.74) is 1.85. The van der Waals surface area contributed by atoms with Gasteiger partial charge in [-0.15, -0.1) is 0 Å². The van der Waals surface area contributed by atoms with Crippen molar-refractivity contribution >= 4 is 34.5 Å². The first kappa shape index (κ1) is 22.1. The van der Waals surface area contributed by atoms with Gasteiger partial charge in [0.1, 0.15) is 0 Å². The maximum atomic E-state index is 13.1. The van der Waals surface area contributed by atoms with Gasteiger partial charge in [-0.25, -0.2) is 4.79 Å². The van der Waals surface area contributed by atoms with Gasteiger partial charge >= 0.3 is 5.97 Å². The van der Waals surface area contributed by atoms with Gasteiger partial charge in [0.2, 0.25) is 0 Å². The quantitative estimate of drug-likeness (QED) is 0.198. The number of halogens is 1. The lowest BCUT2D eigenvalue weighted by atomic mass is 10.1. The number of ether oxygens (including phenoxy) is 1. The number of carbonyl (C=O) groups excluding carboxylic acids is 2. The molecule has 0 saturated heterocycles. The van der Waals surface area contributed by atoms with E-state index in [9.17, 15) is 9.59 Å². The van der Waals surface area contributed by atoms with Crippen LogP contribution in [-0.2, 0) is 16.1 Å². The summed E-state index contributed by atoms with van der Waals surface area (Å²) < 4.78 is 5.82. The average molecular weight is 491 g/mol. The molecule has 0 aromatic heterocycles. The van der Waals surface area contributed by atoms with Crippen molar-refractivity contribution in [1.82, 2.24) is 4.90 Å². The first-order valence-electron chi connectivity index (χ1n) is 9.53. The lowest BCUT2D eigenvalue weighted by Crippen LogP contribution is -2.32. The van der Waals surface area contributed by atoms with Crippen molar-refractivity contribution in [3.8, 4) is 0 Å². The van der Waals surface area contributed by atoms with Gasteiger partial charge in [0.05, 0.1) is 12.2 Å². The maximum Gasteiger partial charge on any atom is 0.330 e. The Hall–Kier alpha value is -2.15. The molecule has 0 aliphatic heterocycles. The minimum absolute atomic E-state index is 0.0518. The Labute approximate surface area is 180 Å². The predicted octanol–water partition coefficient (Wildman–Crippen LogP) is 5.22. The van der Waals surface area contributed by atoms with Crippen LogP contribution in [0.5, 0.6) is 0 Å². The van der Waals surface area contributed by atoms with Crippen molar-refractivity contribution in [3.63, 3.8) is 0 Å². The predicted molar refractivity (Wildman–Crippen MR) is 120 cm³/mol. The van der Waals surface area contributed by atoms with Crippen LogP contribution in [0.2, 0.25) is 0 Å². The smallest absolute Gasteiger partial charge is 0.330 e. The van der Waals surface area contributed by atoms with Crippen LogP contribution in [0.15, 0.2) is 66.7 Å². The number of benzene rings is 2. The van der Waals surface area contributed by atoms with E-state index in [1.165, 1.54) is 6.08 Å². The summed E-state index contributed by atoms with van der Waals surface area (Å²) in [6.45, 7) is 3.44. The van der Waals surface area contributed by atoms with Crippen molar-refractivity contribution in [2.24, 2.45) is 0 Å². The fraction of sp³-hybridized carbons (Fsp3) is 0.304. The van der Waals surface area contributed by atoms with E-state index in [4.69, 9.17) is 4.74 Å². The second-order valence-electron chi connectivity index (χ2n) is 6.34. The van der Waals surface area contributed by atoms with Gasteiger partial charge < -0.3 is 9.64 Å². The van der Waals surface area contributed by atoms with Gasteiger partial charge in [-0.05, 0) is 66.5 Å². The van der Waals surface area contributed by atoms with E-state index in [1.807, 2.05) is 65.6 Å². The molecule has 28 heavy (non-hydrogen) atoms. The summed E-state index contributed by atoms with van der Waals surface area (Å²) in [5.74, 6) is -0.252. The number of carbonyl (C=O) groups is 2. The number of allylic oxidation sites excluding steroid dienone is 1. The summed E-state index contributed by atoms with van der Waals surface area (Å²) in [5, 5.41) is 0. The largest absolute Gasteiger partial charge is 0.463 e. The van der Waals surface area contributed by atoms with Crippen molar-refractivity contribution in [2.75, 3.05) is 13.2 Å². The number of nitrogens with zero attached hydrogens (tertiary/aromatic N) is 1. The third kappa shape index (κ3) is 7.46. The summed E-state index contributed by atoms with van der Waals surface area (Å²) in [6.07, 6.45) is 5.87. The van der Waals surface area contributed by atoms with Crippen LogP contribution in [0.25, 0.3) is 0 Å². The second-order valence-corrected chi connectivity index (χ2v) is 7.50. The molecule has 0 N–H and O–H groups in total. The molecule has 2 aromatic carbocycles. The normalized spacial score (nSPS) is 10.8. The highest BCUT2D eigenvalue weighted by atomic mass is 127. The topological polar surface area (TPSA) is 46.6 Å². The number of esters is 1. The van der Waals surface area contributed by atoms with Gasteiger partial charge in [-0.2, -0.15) is 0 Å². The minimum Gasteiger partial charge on any atom is -0.463 e. The van der Waals surface area contributed by atoms with Gasteiger partial charge in [-0.3, -0.25) is 4.79 Å². The van der Waals surface area contributed by atoms with E-state index in [0.717, 1.165) is 34.0 Å². The van der Waals surface area contributed by atoms with Crippen molar-refractivity contribution in [2.45, 2.75) is 32.7 Å². The Bertz CT molecular complexity index is 789. The van der Waals surface area contributed by atoms with Gasteiger partial charge in [-0.1, -0.05) is 48.5 Å². The zero-order valence-corrected chi connectivity index (χ0v) is 18.3. The van der Waals surface area contributed by atoms with Crippen LogP contribution in [0.4, 0.5) is 0 Å². The van der Waals surface area contributed by atoms with Crippen LogP contribution in [-0.4, -0.2) is 29.9 Å². The third-order valence-corrected chi connectivity index (χ3v) is 5.14. The number of rotatable bonds is 10. The molecule has 148 valence electrons. The number of hydrogen-bond acceptors (Lipinski definition) is 3. The fourth-order valence-electron chi connectivity index (χ4n) is 2.80. The molecule has 0 unspecified atom stereocenters. The molecular weight excluding hydrogens is 465 g/mol. The number of amides is 1. The van der Waals surface area contributed by atoms with Crippen LogP contribution in [0, 0.1) is 3.57 Å². The van der Waals surface area contributed by atoms with E-state index in [0.29, 0.717) is 19.7 Å².